The van der Waals surface area contributed by atoms with E-state index in [2.05, 4.69) is 16.5 Å². The second-order valence-electron chi connectivity index (χ2n) is 3.42. The van der Waals surface area contributed by atoms with Gasteiger partial charge < -0.3 is 0 Å². The molecule has 0 saturated carbocycles. The molecule has 2 heteroatoms. The first-order chi connectivity index (χ1) is 6.68. The molecule has 1 aromatic carbocycles. The molecule has 2 rings (SSSR count). The maximum absolute atomic E-state index is 4.39. The molecule has 2 aromatic rings. The minimum absolute atomic E-state index is 0.793. The summed E-state index contributed by atoms with van der Waals surface area (Å²) in [5.41, 5.74) is 2.91. The maximum atomic E-state index is 4.39. The Balaban J connectivity index is 2.87. The number of allylic oxidation sites excluding steroid dienone is 1. The molecule has 14 heavy (non-hydrogen) atoms. The molecule has 0 amide bonds. The number of fused-ring (bicyclic) bond motifs is 1. The molecule has 0 fully saturated rings. The van der Waals surface area contributed by atoms with Gasteiger partial charge in [0, 0.05) is 5.39 Å². The molecule has 70 valence electrons. The van der Waals surface area contributed by atoms with Gasteiger partial charge in [0.2, 0.25) is 0 Å². The van der Waals surface area contributed by atoms with Crippen LogP contribution >= 0.6 is 0 Å². The summed E-state index contributed by atoms with van der Waals surface area (Å²) in [5.74, 6) is 0.793. The number of para-hydroxylation sites is 1. The molecule has 0 aliphatic carbocycles. The Labute approximate surface area is 83.3 Å². The molecule has 0 spiro atoms. The molecule has 0 radical (unpaired) electrons. The third-order valence-electron chi connectivity index (χ3n) is 2.12. The zero-order valence-corrected chi connectivity index (χ0v) is 8.41. The van der Waals surface area contributed by atoms with Crippen molar-refractivity contribution in [3.63, 3.8) is 0 Å². The average Bonchev–Trinajstić information content (AvgIpc) is 2.16. The van der Waals surface area contributed by atoms with Gasteiger partial charge >= 0.3 is 0 Å². The van der Waals surface area contributed by atoms with Crippen LogP contribution in [0.3, 0.4) is 0 Å². The Kier molecular flexibility index (Phi) is 2.04. The lowest BCUT2D eigenvalue weighted by molar-refractivity contribution is 1.07. The zero-order valence-electron chi connectivity index (χ0n) is 8.41. The smallest absolute Gasteiger partial charge is 0.126 e. The van der Waals surface area contributed by atoms with E-state index in [-0.39, 0.29) is 0 Å². The monoisotopic (exact) mass is 184 g/mol. The van der Waals surface area contributed by atoms with Gasteiger partial charge in [-0.1, -0.05) is 24.8 Å². The van der Waals surface area contributed by atoms with Gasteiger partial charge in [-0.3, -0.25) is 0 Å². The van der Waals surface area contributed by atoms with Crippen LogP contribution in [0.15, 0.2) is 30.8 Å². The fourth-order valence-electron chi connectivity index (χ4n) is 1.52. The van der Waals surface area contributed by atoms with Crippen molar-refractivity contribution in [3.8, 4) is 0 Å². The predicted octanol–water partition coefficient (Wildman–Crippen LogP) is 2.97. The van der Waals surface area contributed by atoms with Crippen LogP contribution in [0.2, 0.25) is 0 Å². The first kappa shape index (κ1) is 8.88. The van der Waals surface area contributed by atoms with Gasteiger partial charge in [0.05, 0.1) is 11.2 Å². The maximum Gasteiger partial charge on any atom is 0.126 e. The van der Waals surface area contributed by atoms with Crippen molar-refractivity contribution < 1.29 is 0 Å². The lowest BCUT2D eigenvalue weighted by Crippen LogP contribution is -1.94. The van der Waals surface area contributed by atoms with Crippen LogP contribution in [0.5, 0.6) is 0 Å². The Morgan fingerprint density at radius 1 is 1.21 bits per heavy atom. The summed E-state index contributed by atoms with van der Waals surface area (Å²) in [5, 5.41) is 1.07. The molecular formula is C12H12N2. The number of hydrogen-bond donors (Lipinski definition) is 0. The van der Waals surface area contributed by atoms with E-state index in [9.17, 15) is 0 Å². The van der Waals surface area contributed by atoms with Crippen LogP contribution < -0.4 is 0 Å². The number of benzene rings is 1. The van der Waals surface area contributed by atoms with Crippen molar-refractivity contribution in [2.24, 2.45) is 0 Å². The zero-order chi connectivity index (χ0) is 10.1. The molecule has 1 heterocycles. The standard InChI is InChI=1S/C12H12N2/c1-8(2)12-10-6-4-5-7-11(10)13-9(3)14-12/h4-7H,1H2,2-3H3. The summed E-state index contributed by atoms with van der Waals surface area (Å²) >= 11 is 0. The molecule has 0 aliphatic rings. The molecule has 0 N–H and O–H groups in total. The molecule has 2 nitrogen and oxygen atoms in total. The van der Waals surface area contributed by atoms with E-state index in [1.165, 1.54) is 0 Å². The van der Waals surface area contributed by atoms with Crippen LogP contribution in [-0.4, -0.2) is 9.97 Å². The molecule has 0 saturated heterocycles. The van der Waals surface area contributed by atoms with Crippen molar-refractivity contribution in [1.82, 2.24) is 9.97 Å². The third-order valence-corrected chi connectivity index (χ3v) is 2.12. The van der Waals surface area contributed by atoms with Crippen molar-refractivity contribution in [2.45, 2.75) is 13.8 Å². The first-order valence-corrected chi connectivity index (χ1v) is 4.58. The minimum atomic E-state index is 0.793. The number of hydrogen-bond acceptors (Lipinski definition) is 2. The van der Waals surface area contributed by atoms with E-state index in [0.29, 0.717) is 0 Å². The molecule has 0 aliphatic heterocycles. The number of aromatic nitrogens is 2. The van der Waals surface area contributed by atoms with Crippen LogP contribution in [0.1, 0.15) is 18.4 Å². The minimum Gasteiger partial charge on any atom is -0.233 e. The van der Waals surface area contributed by atoms with E-state index < -0.39 is 0 Å². The highest BCUT2D eigenvalue weighted by Gasteiger charge is 2.04. The van der Waals surface area contributed by atoms with Crippen LogP contribution in [0.4, 0.5) is 0 Å². The van der Waals surface area contributed by atoms with Crippen LogP contribution in [0.25, 0.3) is 16.5 Å². The van der Waals surface area contributed by atoms with E-state index in [4.69, 9.17) is 0 Å². The van der Waals surface area contributed by atoms with Gasteiger partial charge in [0.15, 0.2) is 0 Å². The Bertz CT molecular complexity index is 501. The fraction of sp³-hybridized carbons (Fsp3) is 0.167. The highest BCUT2D eigenvalue weighted by molar-refractivity contribution is 5.88. The molecule has 0 bridgehead atoms. The normalized spacial score (nSPS) is 10.4. The molecule has 1 aromatic heterocycles. The van der Waals surface area contributed by atoms with Gasteiger partial charge in [-0.2, -0.15) is 0 Å². The van der Waals surface area contributed by atoms with Crippen LogP contribution in [0, 0.1) is 6.92 Å². The quantitative estimate of drug-likeness (QED) is 0.681. The molecule has 0 unspecified atom stereocenters. The fourth-order valence-corrected chi connectivity index (χ4v) is 1.52. The van der Waals surface area contributed by atoms with Crippen molar-refractivity contribution in [3.05, 3.63) is 42.4 Å². The topological polar surface area (TPSA) is 25.8 Å². The van der Waals surface area contributed by atoms with E-state index in [1.807, 2.05) is 38.1 Å². The van der Waals surface area contributed by atoms with E-state index >= 15 is 0 Å². The molecule has 0 atom stereocenters. The largest absolute Gasteiger partial charge is 0.233 e. The van der Waals surface area contributed by atoms with Crippen molar-refractivity contribution in [1.29, 1.82) is 0 Å². The Morgan fingerprint density at radius 2 is 1.93 bits per heavy atom. The summed E-state index contributed by atoms with van der Waals surface area (Å²) in [6, 6.07) is 8.00. The first-order valence-electron chi connectivity index (χ1n) is 4.58. The Morgan fingerprint density at radius 3 is 2.64 bits per heavy atom. The average molecular weight is 184 g/mol. The Hall–Kier alpha value is -1.70. The second kappa shape index (κ2) is 3.22. The van der Waals surface area contributed by atoms with Crippen LogP contribution in [-0.2, 0) is 0 Å². The summed E-state index contributed by atoms with van der Waals surface area (Å²) in [7, 11) is 0. The predicted molar refractivity (Wildman–Crippen MR) is 59.0 cm³/mol. The van der Waals surface area contributed by atoms with Gasteiger partial charge in [-0.25, -0.2) is 9.97 Å². The lowest BCUT2D eigenvalue weighted by Gasteiger charge is -2.05. The summed E-state index contributed by atoms with van der Waals surface area (Å²) < 4.78 is 0. The van der Waals surface area contributed by atoms with E-state index in [0.717, 1.165) is 28.0 Å². The van der Waals surface area contributed by atoms with Gasteiger partial charge in [-0.05, 0) is 25.5 Å². The van der Waals surface area contributed by atoms with E-state index in [1.54, 1.807) is 0 Å². The summed E-state index contributed by atoms with van der Waals surface area (Å²) in [6.45, 7) is 7.79. The van der Waals surface area contributed by atoms with Gasteiger partial charge in [-0.15, -0.1) is 0 Å². The number of aryl methyl sites for hydroxylation is 1. The SMILES string of the molecule is C=C(C)c1nc(C)nc2ccccc12. The third kappa shape index (κ3) is 1.39. The molecular weight excluding hydrogens is 172 g/mol. The highest BCUT2D eigenvalue weighted by Crippen LogP contribution is 2.20. The van der Waals surface area contributed by atoms with Crippen molar-refractivity contribution >= 4 is 16.5 Å². The van der Waals surface area contributed by atoms with Crippen molar-refractivity contribution in [2.75, 3.05) is 0 Å². The summed E-state index contributed by atoms with van der Waals surface area (Å²) in [4.78, 5) is 8.76. The second-order valence-corrected chi connectivity index (χ2v) is 3.42. The summed E-state index contributed by atoms with van der Waals surface area (Å²) in [6.07, 6.45) is 0. The van der Waals surface area contributed by atoms with Gasteiger partial charge in [0.1, 0.15) is 5.82 Å². The lowest BCUT2D eigenvalue weighted by atomic mass is 10.1. The number of nitrogens with zero attached hydrogens (tertiary/aromatic N) is 2. The number of rotatable bonds is 1. The highest BCUT2D eigenvalue weighted by atomic mass is 14.9. The van der Waals surface area contributed by atoms with Gasteiger partial charge in [0.25, 0.3) is 0 Å².